The summed E-state index contributed by atoms with van der Waals surface area (Å²) in [6, 6.07) is 19.5. The van der Waals surface area contributed by atoms with E-state index in [4.69, 9.17) is 10.6 Å². The van der Waals surface area contributed by atoms with Gasteiger partial charge in [0, 0.05) is 6.04 Å². The van der Waals surface area contributed by atoms with Gasteiger partial charge in [-0.3, -0.25) is 9.63 Å². The van der Waals surface area contributed by atoms with E-state index in [9.17, 15) is 4.79 Å². The highest BCUT2D eigenvalue weighted by Gasteiger charge is 2.10. The molecular formula is C17H20N2O2. The fraction of sp³-hybridized carbons (Fsp3) is 0.235. The van der Waals surface area contributed by atoms with Crippen LogP contribution < -0.4 is 5.73 Å². The van der Waals surface area contributed by atoms with Crippen LogP contribution in [-0.4, -0.2) is 24.1 Å². The van der Waals surface area contributed by atoms with Crippen LogP contribution in [0.3, 0.4) is 0 Å². The van der Waals surface area contributed by atoms with Gasteiger partial charge in [0.15, 0.2) is 0 Å². The molecule has 21 heavy (non-hydrogen) atoms. The molecule has 2 N–H and O–H groups in total. The Bertz CT molecular complexity index is 531. The highest BCUT2D eigenvalue weighted by Crippen LogP contribution is 2.05. The Morgan fingerprint density at radius 3 is 2.14 bits per heavy atom. The summed E-state index contributed by atoms with van der Waals surface area (Å²) in [4.78, 5) is 16.5. The molecule has 0 spiro atoms. The number of amides is 1. The van der Waals surface area contributed by atoms with Gasteiger partial charge in [0.2, 0.25) is 6.41 Å². The van der Waals surface area contributed by atoms with Crippen molar-refractivity contribution < 1.29 is 9.63 Å². The molecule has 0 saturated carbocycles. The Hall–Kier alpha value is -2.17. The predicted octanol–water partition coefficient (Wildman–Crippen LogP) is 2.15. The van der Waals surface area contributed by atoms with Crippen LogP contribution in [-0.2, 0) is 22.7 Å². The van der Waals surface area contributed by atoms with Crippen molar-refractivity contribution in [2.45, 2.75) is 19.1 Å². The van der Waals surface area contributed by atoms with Crippen molar-refractivity contribution in [2.24, 2.45) is 5.73 Å². The van der Waals surface area contributed by atoms with Crippen molar-refractivity contribution in [1.82, 2.24) is 5.06 Å². The normalized spacial score (nSPS) is 11.9. The monoisotopic (exact) mass is 284 g/mol. The number of hydroxylamine groups is 2. The van der Waals surface area contributed by atoms with Crippen LogP contribution in [0, 0.1) is 0 Å². The number of hydrogen-bond acceptors (Lipinski definition) is 3. The van der Waals surface area contributed by atoms with Gasteiger partial charge in [-0.2, -0.15) is 0 Å². The number of nitrogens with two attached hydrogens (primary N) is 1. The fourth-order valence-corrected chi connectivity index (χ4v) is 2.07. The lowest BCUT2D eigenvalue weighted by molar-refractivity contribution is -0.178. The Kier molecular flexibility index (Phi) is 5.94. The first-order valence-electron chi connectivity index (χ1n) is 6.96. The maximum absolute atomic E-state index is 11.1. The molecule has 2 aromatic carbocycles. The van der Waals surface area contributed by atoms with Crippen molar-refractivity contribution in [1.29, 1.82) is 0 Å². The smallest absolute Gasteiger partial charge is 0.233 e. The third-order valence-electron chi connectivity index (χ3n) is 3.11. The Balaban J connectivity index is 1.80. The largest absolute Gasteiger partial charge is 0.326 e. The molecule has 1 unspecified atom stereocenters. The molecule has 1 atom stereocenters. The van der Waals surface area contributed by atoms with Crippen LogP contribution in [0.5, 0.6) is 0 Å². The van der Waals surface area contributed by atoms with E-state index < -0.39 is 0 Å². The lowest BCUT2D eigenvalue weighted by Gasteiger charge is -2.21. The standard InChI is InChI=1S/C17H20N2O2/c18-17(11-15-7-3-1-4-8-15)12-19(14-20)21-13-16-9-5-2-6-10-16/h1-10,14,17H,11-13,18H2. The maximum atomic E-state index is 11.1. The Morgan fingerprint density at radius 1 is 1.00 bits per heavy atom. The molecule has 0 aliphatic rings. The second-order valence-corrected chi connectivity index (χ2v) is 4.91. The molecule has 2 rings (SSSR count). The summed E-state index contributed by atoms with van der Waals surface area (Å²) in [7, 11) is 0. The van der Waals surface area contributed by atoms with E-state index >= 15 is 0 Å². The third-order valence-corrected chi connectivity index (χ3v) is 3.11. The third kappa shape index (κ3) is 5.38. The summed E-state index contributed by atoms with van der Waals surface area (Å²) < 4.78 is 0. The number of rotatable bonds is 8. The van der Waals surface area contributed by atoms with Crippen LogP contribution >= 0.6 is 0 Å². The average molecular weight is 284 g/mol. The van der Waals surface area contributed by atoms with E-state index in [1.807, 2.05) is 60.7 Å². The van der Waals surface area contributed by atoms with E-state index in [0.717, 1.165) is 11.1 Å². The van der Waals surface area contributed by atoms with Crippen LogP contribution in [0.2, 0.25) is 0 Å². The highest BCUT2D eigenvalue weighted by atomic mass is 16.7. The molecule has 1 amide bonds. The minimum absolute atomic E-state index is 0.159. The minimum Gasteiger partial charge on any atom is -0.326 e. The van der Waals surface area contributed by atoms with Crippen molar-refractivity contribution in [2.75, 3.05) is 6.54 Å². The topological polar surface area (TPSA) is 55.6 Å². The van der Waals surface area contributed by atoms with E-state index in [1.54, 1.807) is 0 Å². The van der Waals surface area contributed by atoms with Gasteiger partial charge in [0.05, 0.1) is 6.54 Å². The van der Waals surface area contributed by atoms with Crippen molar-refractivity contribution in [3.05, 3.63) is 71.8 Å². The molecule has 0 heterocycles. The van der Waals surface area contributed by atoms with Gasteiger partial charge in [0.1, 0.15) is 6.61 Å². The van der Waals surface area contributed by atoms with Gasteiger partial charge < -0.3 is 5.73 Å². The average Bonchev–Trinajstić information content (AvgIpc) is 2.53. The molecule has 0 radical (unpaired) electrons. The number of hydrogen-bond donors (Lipinski definition) is 1. The van der Waals surface area contributed by atoms with E-state index in [0.29, 0.717) is 26.0 Å². The van der Waals surface area contributed by atoms with Crippen LogP contribution in [0.1, 0.15) is 11.1 Å². The zero-order chi connectivity index (χ0) is 14.9. The van der Waals surface area contributed by atoms with Crippen molar-refractivity contribution >= 4 is 6.41 Å². The summed E-state index contributed by atoms with van der Waals surface area (Å²) in [5, 5.41) is 1.26. The molecular weight excluding hydrogens is 264 g/mol. The number of carbonyl (C=O) groups is 1. The quantitative estimate of drug-likeness (QED) is 0.597. The van der Waals surface area contributed by atoms with Gasteiger partial charge in [0.25, 0.3) is 0 Å². The van der Waals surface area contributed by atoms with Crippen LogP contribution in [0.25, 0.3) is 0 Å². The van der Waals surface area contributed by atoms with Gasteiger partial charge in [-0.15, -0.1) is 0 Å². The molecule has 0 aliphatic carbocycles. The van der Waals surface area contributed by atoms with Gasteiger partial charge >= 0.3 is 0 Å². The van der Waals surface area contributed by atoms with Crippen LogP contribution in [0.15, 0.2) is 60.7 Å². The summed E-state index contributed by atoms with van der Waals surface area (Å²) in [5.74, 6) is 0. The van der Waals surface area contributed by atoms with E-state index in [-0.39, 0.29) is 6.04 Å². The SMILES string of the molecule is NC(Cc1ccccc1)CN(C=O)OCc1ccccc1. The van der Waals surface area contributed by atoms with Crippen molar-refractivity contribution in [3.63, 3.8) is 0 Å². The number of carbonyl (C=O) groups excluding carboxylic acids is 1. The minimum atomic E-state index is -0.159. The second-order valence-electron chi connectivity index (χ2n) is 4.91. The molecule has 0 saturated heterocycles. The first-order valence-corrected chi connectivity index (χ1v) is 6.96. The summed E-state index contributed by atoms with van der Waals surface area (Å²) in [5.41, 5.74) is 8.24. The molecule has 4 nitrogen and oxygen atoms in total. The van der Waals surface area contributed by atoms with Gasteiger partial charge in [-0.1, -0.05) is 60.7 Å². The van der Waals surface area contributed by atoms with Crippen molar-refractivity contribution in [3.8, 4) is 0 Å². The molecule has 2 aromatic rings. The lowest BCUT2D eigenvalue weighted by Crippen LogP contribution is -2.38. The zero-order valence-corrected chi connectivity index (χ0v) is 11.9. The maximum Gasteiger partial charge on any atom is 0.233 e. The first-order chi connectivity index (χ1) is 10.3. The highest BCUT2D eigenvalue weighted by molar-refractivity contribution is 5.45. The second kappa shape index (κ2) is 8.19. The Labute approximate surface area is 125 Å². The molecule has 0 aliphatic heterocycles. The van der Waals surface area contributed by atoms with Crippen LogP contribution in [0.4, 0.5) is 0 Å². The molecule has 0 bridgehead atoms. The van der Waals surface area contributed by atoms with Gasteiger partial charge in [-0.05, 0) is 17.5 Å². The Morgan fingerprint density at radius 2 is 1.57 bits per heavy atom. The molecule has 0 fully saturated rings. The summed E-state index contributed by atoms with van der Waals surface area (Å²) in [6.45, 7) is 0.725. The number of benzene rings is 2. The zero-order valence-electron chi connectivity index (χ0n) is 11.9. The summed E-state index contributed by atoms with van der Waals surface area (Å²) in [6.07, 6.45) is 1.38. The fourth-order valence-electron chi connectivity index (χ4n) is 2.07. The van der Waals surface area contributed by atoms with E-state index in [1.165, 1.54) is 5.06 Å². The lowest BCUT2D eigenvalue weighted by atomic mass is 10.1. The molecule has 0 aromatic heterocycles. The molecule has 110 valence electrons. The number of nitrogens with zero attached hydrogens (tertiary/aromatic N) is 1. The predicted molar refractivity (Wildman–Crippen MR) is 82.1 cm³/mol. The summed E-state index contributed by atoms with van der Waals surface area (Å²) >= 11 is 0. The first kappa shape index (κ1) is 15.2. The van der Waals surface area contributed by atoms with E-state index in [2.05, 4.69) is 0 Å². The van der Waals surface area contributed by atoms with Gasteiger partial charge in [-0.25, -0.2) is 5.06 Å². The molecule has 4 heteroatoms.